The van der Waals surface area contributed by atoms with E-state index in [4.69, 9.17) is 23.4 Å². The first-order chi connectivity index (χ1) is 35.2. The molecule has 0 atom stereocenters. The third kappa shape index (κ3) is 7.13. The Labute approximate surface area is 381 Å². The number of imidazole rings is 1. The third-order valence-electron chi connectivity index (χ3n) is 11.2. The SMILES string of the molecule is [2H]c1c([2H])c([2H])c(-c2cccc(-c3c([2H])c([2H])c([2H])c([2H])c3[2H])c2-[n+]2[c-]n(-c3cccc(Oc4ccc5c6ccccc6n(-c6cc(CC(C)C)ccn6)c5c4)c3)c3cc(-c4ccccc4)ccc32)c([2H])c1[2H]. The molecule has 5 heteroatoms. The van der Waals surface area contributed by atoms with Gasteiger partial charge in [0.05, 0.1) is 47.1 Å². The molecule has 0 bridgehead atoms. The van der Waals surface area contributed by atoms with E-state index in [1.54, 1.807) is 22.8 Å². The fraction of sp³-hybridized carbons (Fsp3) is 0.0690. The van der Waals surface area contributed by atoms with Gasteiger partial charge in [-0.05, 0) is 106 Å². The largest absolute Gasteiger partial charge is 0.458 e. The lowest BCUT2D eigenvalue weighted by molar-refractivity contribution is -0.571. The number of ether oxygens (including phenoxy) is 1. The number of hydrogen-bond donors (Lipinski definition) is 0. The van der Waals surface area contributed by atoms with Crippen LogP contribution in [0.25, 0.3) is 83.4 Å². The normalized spacial score (nSPS) is 13.8. The van der Waals surface area contributed by atoms with E-state index in [0.29, 0.717) is 34.1 Å². The average molecular weight is 823 g/mol. The summed E-state index contributed by atoms with van der Waals surface area (Å²) >= 11 is 0. The van der Waals surface area contributed by atoms with Crippen LogP contribution in [0.4, 0.5) is 0 Å². The Bertz CT molecular complexity index is 3890. The first-order valence-electron chi connectivity index (χ1n) is 25.8. The predicted octanol–water partition coefficient (Wildman–Crippen LogP) is 14.2. The lowest BCUT2D eigenvalue weighted by Gasteiger charge is -2.17. The van der Waals surface area contributed by atoms with Crippen LogP contribution in [0, 0.1) is 12.2 Å². The lowest BCUT2D eigenvalue weighted by atomic mass is 9.95. The molecule has 5 nitrogen and oxygen atoms in total. The summed E-state index contributed by atoms with van der Waals surface area (Å²) in [6.07, 6.45) is 6.29. The maximum absolute atomic E-state index is 9.11. The maximum Gasteiger partial charge on any atom is 0.269 e. The zero-order valence-electron chi connectivity index (χ0n) is 44.4. The molecular formula is C58H44N4O. The molecule has 0 aliphatic heterocycles. The molecule has 11 rings (SSSR count). The highest BCUT2D eigenvalue weighted by atomic mass is 16.5. The van der Waals surface area contributed by atoms with Crippen molar-refractivity contribution in [2.24, 2.45) is 5.92 Å². The summed E-state index contributed by atoms with van der Waals surface area (Å²) in [5.41, 5.74) is 6.98. The van der Waals surface area contributed by atoms with Crippen molar-refractivity contribution >= 4 is 32.8 Å². The van der Waals surface area contributed by atoms with E-state index in [1.165, 1.54) is 5.56 Å². The molecule has 3 heterocycles. The van der Waals surface area contributed by atoms with Crippen LogP contribution in [0.5, 0.6) is 11.5 Å². The topological polar surface area (TPSA) is 35.9 Å². The maximum atomic E-state index is 9.11. The third-order valence-corrected chi connectivity index (χ3v) is 11.2. The molecule has 8 aromatic carbocycles. The Morgan fingerprint density at radius 3 is 2.05 bits per heavy atom. The van der Waals surface area contributed by atoms with Crippen molar-refractivity contribution in [3.63, 3.8) is 0 Å². The van der Waals surface area contributed by atoms with Gasteiger partial charge in [-0.2, -0.15) is 0 Å². The van der Waals surface area contributed by atoms with Gasteiger partial charge in [-0.3, -0.25) is 13.7 Å². The molecule has 0 saturated carbocycles. The monoisotopic (exact) mass is 822 g/mol. The van der Waals surface area contributed by atoms with Crippen molar-refractivity contribution in [3.05, 3.63) is 224 Å². The van der Waals surface area contributed by atoms with Crippen LogP contribution >= 0.6 is 0 Å². The van der Waals surface area contributed by atoms with E-state index >= 15 is 0 Å². The van der Waals surface area contributed by atoms with Crippen molar-refractivity contribution in [3.8, 4) is 62.1 Å². The van der Waals surface area contributed by atoms with Crippen LogP contribution in [0.3, 0.4) is 0 Å². The first kappa shape index (κ1) is 28.5. The van der Waals surface area contributed by atoms with E-state index in [-0.39, 0.29) is 27.9 Å². The predicted molar refractivity (Wildman–Crippen MR) is 257 cm³/mol. The van der Waals surface area contributed by atoms with Gasteiger partial charge in [0.25, 0.3) is 6.33 Å². The standard InChI is InChI=1S/C58H44N4O/c1-40(2)34-41-32-33-59-57(35-41)62-53-27-13-12-24-51(53)52-30-29-48(38-55(52)62)63-47-23-14-22-46(37-47)60-39-61(54-31-28-45(36-56(54)60)42-16-6-3-7-17-42)58-49(43-18-8-4-9-19-43)25-15-26-50(58)44-20-10-5-11-21-44/h3-33,35-38,40H,34H2,1-2H3/i4D,5D,8D,9D,10D,11D,18D,19D,20D,21D. The molecule has 63 heavy (non-hydrogen) atoms. The van der Waals surface area contributed by atoms with E-state index in [1.807, 2.05) is 108 Å². The molecule has 0 saturated heterocycles. The van der Waals surface area contributed by atoms with Crippen LogP contribution in [0.15, 0.2) is 212 Å². The molecule has 0 radical (unpaired) electrons. The second kappa shape index (κ2) is 16.1. The molecule has 3 aromatic heterocycles. The Balaban J connectivity index is 1.12. The van der Waals surface area contributed by atoms with E-state index in [0.717, 1.165) is 45.2 Å². The number of para-hydroxylation sites is 2. The molecule has 0 aliphatic carbocycles. The van der Waals surface area contributed by atoms with E-state index in [2.05, 4.69) is 55.1 Å². The summed E-state index contributed by atoms with van der Waals surface area (Å²) < 4.78 is 100. The lowest BCUT2D eigenvalue weighted by Crippen LogP contribution is -2.31. The number of hydrogen-bond acceptors (Lipinski definition) is 2. The second-order valence-corrected chi connectivity index (χ2v) is 15.8. The number of pyridine rings is 1. The fourth-order valence-electron chi connectivity index (χ4n) is 8.50. The summed E-state index contributed by atoms with van der Waals surface area (Å²) in [5, 5.41) is 2.13. The van der Waals surface area contributed by atoms with Crippen LogP contribution < -0.4 is 9.30 Å². The highest BCUT2D eigenvalue weighted by Gasteiger charge is 2.21. The van der Waals surface area contributed by atoms with Gasteiger partial charge in [0.15, 0.2) is 0 Å². The number of nitrogens with zero attached hydrogens (tertiary/aromatic N) is 4. The number of benzene rings is 8. The Morgan fingerprint density at radius 2 is 1.29 bits per heavy atom. The van der Waals surface area contributed by atoms with Crippen molar-refractivity contribution < 1.29 is 23.0 Å². The van der Waals surface area contributed by atoms with E-state index < -0.39 is 60.4 Å². The van der Waals surface area contributed by atoms with Gasteiger partial charge in [-0.15, -0.1) is 0 Å². The molecule has 302 valence electrons. The highest BCUT2D eigenvalue weighted by molar-refractivity contribution is 6.09. The van der Waals surface area contributed by atoms with Gasteiger partial charge in [-0.25, -0.2) is 4.98 Å². The zero-order chi connectivity index (χ0) is 51.0. The fourth-order valence-corrected chi connectivity index (χ4v) is 8.50. The molecule has 0 spiro atoms. The smallest absolute Gasteiger partial charge is 0.269 e. The number of rotatable bonds is 10. The quantitative estimate of drug-likeness (QED) is 0.102. The zero-order valence-corrected chi connectivity index (χ0v) is 34.4. The summed E-state index contributed by atoms with van der Waals surface area (Å²) in [7, 11) is 0. The highest BCUT2D eigenvalue weighted by Crippen LogP contribution is 2.38. The molecule has 11 aromatic rings. The van der Waals surface area contributed by atoms with Crippen LogP contribution in [0.1, 0.15) is 33.1 Å². The average Bonchev–Trinajstić information content (AvgIpc) is 3.94. The summed E-state index contributed by atoms with van der Waals surface area (Å²) in [6, 6.07) is 41.2. The summed E-state index contributed by atoms with van der Waals surface area (Å²) in [6.45, 7) is 4.40. The van der Waals surface area contributed by atoms with Gasteiger partial charge in [0.2, 0.25) is 0 Å². The van der Waals surface area contributed by atoms with Crippen LogP contribution in [-0.4, -0.2) is 14.1 Å². The number of aromatic nitrogens is 4. The van der Waals surface area contributed by atoms with Crippen molar-refractivity contribution in [1.82, 2.24) is 14.1 Å². The summed E-state index contributed by atoms with van der Waals surface area (Å²) in [5.74, 6) is 2.39. The molecule has 0 fully saturated rings. The minimum Gasteiger partial charge on any atom is -0.458 e. The van der Waals surface area contributed by atoms with Gasteiger partial charge in [0.1, 0.15) is 17.3 Å². The molecule has 0 unspecified atom stereocenters. The first-order valence-corrected chi connectivity index (χ1v) is 20.8. The van der Waals surface area contributed by atoms with Gasteiger partial charge in [-0.1, -0.05) is 159 Å². The van der Waals surface area contributed by atoms with E-state index in [9.17, 15) is 0 Å². The van der Waals surface area contributed by atoms with Gasteiger partial charge in [0, 0.05) is 23.0 Å². The van der Waals surface area contributed by atoms with Gasteiger partial charge < -0.3 is 4.74 Å². The molecular weight excluding hydrogens is 769 g/mol. The minimum absolute atomic E-state index is 0.136. The Morgan fingerprint density at radius 1 is 0.587 bits per heavy atom. The van der Waals surface area contributed by atoms with Crippen molar-refractivity contribution in [1.29, 1.82) is 0 Å². The van der Waals surface area contributed by atoms with Crippen molar-refractivity contribution in [2.75, 3.05) is 0 Å². The van der Waals surface area contributed by atoms with Crippen LogP contribution in [0.2, 0.25) is 0 Å². The van der Waals surface area contributed by atoms with Crippen molar-refractivity contribution in [2.45, 2.75) is 20.3 Å². The minimum atomic E-state index is -0.570. The second-order valence-electron chi connectivity index (χ2n) is 15.8. The molecule has 0 amide bonds. The Kier molecular flexibility index (Phi) is 7.29. The Hall–Kier alpha value is -8.02. The van der Waals surface area contributed by atoms with Gasteiger partial charge >= 0.3 is 0 Å². The molecule has 0 N–H and O–H groups in total. The number of fused-ring (bicyclic) bond motifs is 4. The molecule has 0 aliphatic rings. The summed E-state index contributed by atoms with van der Waals surface area (Å²) in [4.78, 5) is 4.84. The van der Waals surface area contributed by atoms with Crippen LogP contribution in [-0.2, 0) is 6.42 Å².